The highest BCUT2D eigenvalue weighted by atomic mass is 32.2. The minimum atomic E-state index is 0.653. The summed E-state index contributed by atoms with van der Waals surface area (Å²) in [6.45, 7) is 0. The second kappa shape index (κ2) is 3.75. The van der Waals surface area contributed by atoms with Gasteiger partial charge in [0.15, 0.2) is 10.4 Å². The predicted octanol–water partition coefficient (Wildman–Crippen LogP) is 0.189. The molecular formula is C6H8N3S2+. The summed E-state index contributed by atoms with van der Waals surface area (Å²) in [5.41, 5.74) is 0.870. The van der Waals surface area contributed by atoms with Crippen molar-refractivity contribution in [3.63, 3.8) is 0 Å². The predicted molar refractivity (Wildman–Crippen MR) is 48.9 cm³/mol. The van der Waals surface area contributed by atoms with E-state index in [1.54, 1.807) is 12.4 Å². The molecule has 0 bridgehead atoms. The zero-order chi connectivity index (χ0) is 8.27. The SMILES string of the molecule is C[n+]1ccncc1C(=S)SN. The third-order valence-electron chi connectivity index (χ3n) is 1.27. The van der Waals surface area contributed by atoms with Gasteiger partial charge >= 0.3 is 0 Å². The summed E-state index contributed by atoms with van der Waals surface area (Å²) in [6.07, 6.45) is 5.23. The van der Waals surface area contributed by atoms with Crippen molar-refractivity contribution in [3.05, 3.63) is 24.3 Å². The van der Waals surface area contributed by atoms with Crippen molar-refractivity contribution in [3.8, 4) is 0 Å². The Bertz CT molecular complexity index is 274. The van der Waals surface area contributed by atoms with Gasteiger partial charge in [0.25, 0.3) is 0 Å². The summed E-state index contributed by atoms with van der Waals surface area (Å²) in [5, 5.41) is 5.31. The molecule has 2 N–H and O–H groups in total. The number of hydrogen-bond acceptors (Lipinski definition) is 4. The van der Waals surface area contributed by atoms with Crippen molar-refractivity contribution in [2.24, 2.45) is 12.2 Å². The maximum absolute atomic E-state index is 5.31. The first-order valence-corrected chi connectivity index (χ1v) is 4.25. The Kier molecular flexibility index (Phi) is 2.92. The van der Waals surface area contributed by atoms with Gasteiger partial charge < -0.3 is 0 Å². The minimum Gasteiger partial charge on any atom is -0.273 e. The van der Waals surface area contributed by atoms with Crippen LogP contribution in [0.1, 0.15) is 5.69 Å². The van der Waals surface area contributed by atoms with Crippen molar-refractivity contribution >= 4 is 28.4 Å². The van der Waals surface area contributed by atoms with Crippen LogP contribution in [0.4, 0.5) is 0 Å². The van der Waals surface area contributed by atoms with Crippen LogP contribution >= 0.6 is 24.2 Å². The van der Waals surface area contributed by atoms with E-state index in [1.165, 1.54) is 0 Å². The van der Waals surface area contributed by atoms with Crippen LogP contribution < -0.4 is 9.71 Å². The molecule has 5 heteroatoms. The van der Waals surface area contributed by atoms with Gasteiger partial charge in [0.2, 0.25) is 5.69 Å². The van der Waals surface area contributed by atoms with Crippen LogP contribution in [0.2, 0.25) is 0 Å². The lowest BCUT2D eigenvalue weighted by Crippen LogP contribution is -2.35. The maximum Gasteiger partial charge on any atom is 0.249 e. The van der Waals surface area contributed by atoms with E-state index in [0.717, 1.165) is 17.6 Å². The lowest BCUT2D eigenvalue weighted by atomic mass is 10.5. The average molecular weight is 186 g/mol. The zero-order valence-corrected chi connectivity index (χ0v) is 7.65. The summed E-state index contributed by atoms with van der Waals surface area (Å²) >= 11 is 6.05. The van der Waals surface area contributed by atoms with Gasteiger partial charge in [0.1, 0.15) is 13.2 Å². The molecule has 0 radical (unpaired) electrons. The van der Waals surface area contributed by atoms with Gasteiger partial charge in [-0.1, -0.05) is 12.2 Å². The Morgan fingerprint density at radius 1 is 1.82 bits per heavy atom. The van der Waals surface area contributed by atoms with Crippen molar-refractivity contribution < 1.29 is 4.57 Å². The molecule has 0 aromatic carbocycles. The molecule has 0 aliphatic heterocycles. The van der Waals surface area contributed by atoms with E-state index in [9.17, 15) is 0 Å². The number of nitrogens with zero attached hydrogens (tertiary/aromatic N) is 2. The van der Waals surface area contributed by atoms with Crippen LogP contribution in [0.15, 0.2) is 18.6 Å². The van der Waals surface area contributed by atoms with Gasteiger partial charge in [-0.15, -0.1) is 0 Å². The summed E-state index contributed by atoms with van der Waals surface area (Å²) < 4.78 is 2.54. The van der Waals surface area contributed by atoms with Crippen LogP contribution in [-0.2, 0) is 7.05 Å². The smallest absolute Gasteiger partial charge is 0.249 e. The van der Waals surface area contributed by atoms with Gasteiger partial charge in [0.05, 0.1) is 6.20 Å². The fraction of sp³-hybridized carbons (Fsp3) is 0.167. The highest BCUT2D eigenvalue weighted by molar-refractivity contribution is 8.22. The van der Waals surface area contributed by atoms with E-state index in [4.69, 9.17) is 17.4 Å². The number of hydrogen-bond donors (Lipinski definition) is 1. The third-order valence-corrected chi connectivity index (χ3v) is 2.19. The molecular weight excluding hydrogens is 178 g/mol. The Labute approximate surface area is 74.8 Å². The molecule has 0 unspecified atom stereocenters. The Morgan fingerprint density at radius 3 is 3.09 bits per heavy atom. The van der Waals surface area contributed by atoms with Gasteiger partial charge in [-0.05, 0) is 11.9 Å². The van der Waals surface area contributed by atoms with Crippen LogP contribution in [0.3, 0.4) is 0 Å². The minimum absolute atomic E-state index is 0.653. The average Bonchev–Trinajstić information content (AvgIpc) is 2.04. The molecule has 11 heavy (non-hydrogen) atoms. The first-order chi connectivity index (χ1) is 5.25. The highest BCUT2D eigenvalue weighted by Crippen LogP contribution is 2.01. The molecule has 0 saturated carbocycles. The van der Waals surface area contributed by atoms with Gasteiger partial charge in [-0.25, -0.2) is 0 Å². The van der Waals surface area contributed by atoms with Gasteiger partial charge in [-0.2, -0.15) is 4.57 Å². The molecule has 0 spiro atoms. The topological polar surface area (TPSA) is 42.8 Å². The third kappa shape index (κ3) is 1.95. The lowest BCUT2D eigenvalue weighted by Gasteiger charge is -1.95. The fourth-order valence-electron chi connectivity index (χ4n) is 0.681. The monoisotopic (exact) mass is 186 g/mol. The van der Waals surface area contributed by atoms with E-state index >= 15 is 0 Å². The maximum atomic E-state index is 5.31. The molecule has 58 valence electrons. The number of rotatable bonds is 1. The second-order valence-electron chi connectivity index (χ2n) is 1.98. The molecule has 0 aliphatic rings. The van der Waals surface area contributed by atoms with Crippen molar-refractivity contribution in [2.75, 3.05) is 0 Å². The van der Waals surface area contributed by atoms with E-state index in [0.29, 0.717) is 4.20 Å². The van der Waals surface area contributed by atoms with E-state index in [2.05, 4.69) is 4.98 Å². The molecule has 0 aliphatic carbocycles. The summed E-state index contributed by atoms with van der Waals surface area (Å²) in [5.74, 6) is 0. The first-order valence-electron chi connectivity index (χ1n) is 2.96. The van der Waals surface area contributed by atoms with Crippen molar-refractivity contribution in [1.29, 1.82) is 0 Å². The lowest BCUT2D eigenvalue weighted by molar-refractivity contribution is -0.672. The standard InChI is InChI=1S/C6H8N3S2/c1-9-3-2-8-4-5(9)6(10)11-7/h2-4H,7H2,1H3/q+1. The first kappa shape index (κ1) is 8.58. The summed E-state index contributed by atoms with van der Waals surface area (Å²) in [7, 11) is 1.90. The molecule has 0 fully saturated rings. The van der Waals surface area contributed by atoms with Crippen LogP contribution in [0.25, 0.3) is 0 Å². The normalized spacial score (nSPS) is 9.64. The molecule has 1 aromatic rings. The number of aryl methyl sites for hydroxylation is 1. The molecule has 1 heterocycles. The Hall–Kier alpha value is -0.520. The molecule has 3 nitrogen and oxygen atoms in total. The largest absolute Gasteiger partial charge is 0.273 e. The highest BCUT2D eigenvalue weighted by Gasteiger charge is 2.10. The Balaban J connectivity index is 3.03. The number of nitrogens with two attached hydrogens (primary N) is 1. The van der Waals surface area contributed by atoms with E-state index in [-0.39, 0.29) is 0 Å². The molecule has 1 aromatic heterocycles. The zero-order valence-electron chi connectivity index (χ0n) is 6.02. The fourth-order valence-corrected chi connectivity index (χ4v) is 1.19. The molecule has 0 amide bonds. The van der Waals surface area contributed by atoms with E-state index < -0.39 is 0 Å². The van der Waals surface area contributed by atoms with Gasteiger partial charge in [-0.3, -0.25) is 10.1 Å². The molecule has 1 rings (SSSR count). The molecule has 0 saturated heterocycles. The summed E-state index contributed by atoms with van der Waals surface area (Å²) in [6, 6.07) is 0. The van der Waals surface area contributed by atoms with Crippen molar-refractivity contribution in [2.45, 2.75) is 0 Å². The van der Waals surface area contributed by atoms with Crippen LogP contribution in [0, 0.1) is 0 Å². The number of thiocarbonyl (C=S) groups is 1. The van der Waals surface area contributed by atoms with Crippen molar-refractivity contribution in [1.82, 2.24) is 4.98 Å². The molecule has 0 atom stereocenters. The Morgan fingerprint density at radius 2 is 2.55 bits per heavy atom. The van der Waals surface area contributed by atoms with Crippen LogP contribution in [-0.4, -0.2) is 9.18 Å². The quantitative estimate of drug-likeness (QED) is 0.386. The van der Waals surface area contributed by atoms with E-state index in [1.807, 2.05) is 17.8 Å². The van der Waals surface area contributed by atoms with Crippen LogP contribution in [0.5, 0.6) is 0 Å². The second-order valence-corrected chi connectivity index (χ2v) is 3.29. The van der Waals surface area contributed by atoms with Gasteiger partial charge in [0, 0.05) is 0 Å². The summed E-state index contributed by atoms with van der Waals surface area (Å²) in [4.78, 5) is 3.94. The number of aromatic nitrogens is 2.